The molecule has 0 bridgehead atoms. The Morgan fingerprint density at radius 1 is 1.21 bits per heavy atom. The fraction of sp³-hybridized carbons (Fsp3) is 0.500. The largest absolute Gasteiger partial charge is 0.490 e. The van der Waals surface area contributed by atoms with E-state index in [1.54, 1.807) is 9.80 Å². The molecule has 1 unspecified atom stereocenters. The monoisotopic (exact) mass is 388 g/mol. The van der Waals surface area contributed by atoms with Gasteiger partial charge in [0.2, 0.25) is 5.75 Å². The van der Waals surface area contributed by atoms with E-state index in [1.807, 2.05) is 32.9 Å². The number of benzene rings is 1. The first-order valence-corrected chi connectivity index (χ1v) is 9.59. The molecule has 3 heterocycles. The molecular formula is C20H24N2O6. The van der Waals surface area contributed by atoms with Gasteiger partial charge in [0.25, 0.3) is 5.91 Å². The van der Waals surface area contributed by atoms with Crippen LogP contribution >= 0.6 is 0 Å². The molecule has 0 aliphatic carbocycles. The van der Waals surface area contributed by atoms with Crippen molar-refractivity contribution in [1.82, 2.24) is 9.80 Å². The second-order valence-electron chi connectivity index (χ2n) is 6.87. The van der Waals surface area contributed by atoms with Gasteiger partial charge in [0.15, 0.2) is 17.1 Å². The Balaban J connectivity index is 1.67. The highest BCUT2D eigenvalue weighted by Gasteiger charge is 2.39. The summed E-state index contributed by atoms with van der Waals surface area (Å²) in [5, 5.41) is 0.827. The molecule has 0 radical (unpaired) electrons. The van der Waals surface area contributed by atoms with Crippen LogP contribution in [0.15, 0.2) is 16.5 Å². The Labute approximate surface area is 162 Å². The number of ether oxygens (including phenoxy) is 3. The van der Waals surface area contributed by atoms with Gasteiger partial charge >= 0.3 is 6.09 Å². The highest BCUT2D eigenvalue weighted by Crippen LogP contribution is 2.40. The molecule has 2 aliphatic rings. The minimum absolute atomic E-state index is 0.0987. The van der Waals surface area contributed by atoms with E-state index in [0.717, 1.165) is 10.9 Å². The second kappa shape index (κ2) is 7.26. The molecule has 8 nitrogen and oxygen atoms in total. The molecule has 4 rings (SSSR count). The fourth-order valence-electron chi connectivity index (χ4n) is 3.81. The van der Waals surface area contributed by atoms with Crippen LogP contribution in [0.2, 0.25) is 0 Å². The minimum atomic E-state index is -0.304. The molecule has 1 atom stereocenters. The lowest BCUT2D eigenvalue weighted by Crippen LogP contribution is -2.53. The first kappa shape index (κ1) is 18.5. The summed E-state index contributed by atoms with van der Waals surface area (Å²) in [4.78, 5) is 28.2. The van der Waals surface area contributed by atoms with Crippen molar-refractivity contribution < 1.29 is 28.2 Å². The summed E-state index contributed by atoms with van der Waals surface area (Å²) >= 11 is 0. The van der Waals surface area contributed by atoms with Crippen LogP contribution in [0.1, 0.15) is 30.0 Å². The third-order valence-electron chi connectivity index (χ3n) is 5.21. The van der Waals surface area contributed by atoms with Crippen LogP contribution in [0.4, 0.5) is 4.79 Å². The summed E-state index contributed by atoms with van der Waals surface area (Å²) in [5.74, 6) is 1.22. The number of carbonyl (C=O) groups excluding carboxylic acids is 2. The van der Waals surface area contributed by atoms with E-state index in [4.69, 9.17) is 18.6 Å². The number of hydrogen-bond donors (Lipinski definition) is 0. The maximum Gasteiger partial charge on any atom is 0.410 e. The van der Waals surface area contributed by atoms with E-state index < -0.39 is 0 Å². The van der Waals surface area contributed by atoms with Crippen LogP contribution in [0.25, 0.3) is 11.0 Å². The van der Waals surface area contributed by atoms with Gasteiger partial charge in [-0.15, -0.1) is 0 Å². The van der Waals surface area contributed by atoms with Crippen molar-refractivity contribution in [2.24, 2.45) is 0 Å². The Kier molecular flexibility index (Phi) is 4.78. The minimum Gasteiger partial charge on any atom is -0.490 e. The Morgan fingerprint density at radius 2 is 2.00 bits per heavy atom. The van der Waals surface area contributed by atoms with Crippen molar-refractivity contribution in [2.45, 2.75) is 26.8 Å². The number of amides is 2. The predicted molar refractivity (Wildman–Crippen MR) is 101 cm³/mol. The molecule has 150 valence electrons. The van der Waals surface area contributed by atoms with Crippen LogP contribution in [0.5, 0.6) is 11.5 Å². The van der Waals surface area contributed by atoms with Gasteiger partial charge in [0, 0.05) is 30.6 Å². The summed E-state index contributed by atoms with van der Waals surface area (Å²) in [5.41, 5.74) is 1.29. The van der Waals surface area contributed by atoms with Crippen LogP contribution in [0, 0.1) is 6.92 Å². The summed E-state index contributed by atoms with van der Waals surface area (Å²) in [6.07, 6.45) is -0.304. The molecule has 1 aromatic carbocycles. The van der Waals surface area contributed by atoms with E-state index in [9.17, 15) is 9.59 Å². The predicted octanol–water partition coefficient (Wildman–Crippen LogP) is 2.82. The van der Waals surface area contributed by atoms with Gasteiger partial charge < -0.3 is 23.5 Å². The van der Waals surface area contributed by atoms with Gasteiger partial charge in [0.05, 0.1) is 19.3 Å². The van der Waals surface area contributed by atoms with Gasteiger partial charge in [-0.05, 0) is 32.9 Å². The zero-order valence-electron chi connectivity index (χ0n) is 16.3. The second-order valence-corrected chi connectivity index (χ2v) is 6.87. The molecule has 0 spiro atoms. The van der Waals surface area contributed by atoms with Crippen LogP contribution < -0.4 is 9.47 Å². The topological polar surface area (TPSA) is 81.5 Å². The summed E-state index contributed by atoms with van der Waals surface area (Å²) in [7, 11) is 0. The molecule has 28 heavy (non-hydrogen) atoms. The molecule has 0 N–H and O–H groups in total. The first-order chi connectivity index (χ1) is 13.5. The highest BCUT2D eigenvalue weighted by atomic mass is 16.6. The number of fused-ring (bicyclic) bond motifs is 2. The number of piperazine rings is 1. The van der Waals surface area contributed by atoms with E-state index in [0.29, 0.717) is 62.3 Å². The maximum atomic E-state index is 13.2. The lowest BCUT2D eigenvalue weighted by molar-refractivity contribution is 0.0587. The van der Waals surface area contributed by atoms with Gasteiger partial charge in [0.1, 0.15) is 6.61 Å². The molecule has 2 fully saturated rings. The van der Waals surface area contributed by atoms with Gasteiger partial charge in [-0.3, -0.25) is 9.69 Å². The molecule has 2 aliphatic heterocycles. The molecule has 2 saturated heterocycles. The number of hydrogen-bond acceptors (Lipinski definition) is 6. The Hall–Kier alpha value is -2.90. The zero-order valence-corrected chi connectivity index (χ0v) is 16.3. The van der Waals surface area contributed by atoms with Crippen molar-refractivity contribution in [3.8, 4) is 11.5 Å². The SMILES string of the molecule is CCOc1ccc2c(C)c(C(=O)N3CCN4C(=O)OCC4C3)oc2c1OCC. The van der Waals surface area contributed by atoms with Gasteiger partial charge in [-0.2, -0.15) is 0 Å². The van der Waals surface area contributed by atoms with Gasteiger partial charge in [-0.25, -0.2) is 4.79 Å². The molecule has 0 saturated carbocycles. The van der Waals surface area contributed by atoms with E-state index in [2.05, 4.69) is 0 Å². The molecule has 8 heteroatoms. The average molecular weight is 388 g/mol. The Bertz CT molecular complexity index is 921. The van der Waals surface area contributed by atoms with Crippen molar-refractivity contribution in [2.75, 3.05) is 39.5 Å². The van der Waals surface area contributed by atoms with E-state index in [1.165, 1.54) is 0 Å². The lowest BCUT2D eigenvalue weighted by Gasteiger charge is -2.34. The third-order valence-corrected chi connectivity index (χ3v) is 5.21. The van der Waals surface area contributed by atoms with E-state index >= 15 is 0 Å². The Morgan fingerprint density at radius 3 is 2.75 bits per heavy atom. The summed E-state index contributed by atoms with van der Waals surface area (Å²) in [6.45, 7) is 8.28. The van der Waals surface area contributed by atoms with E-state index in [-0.39, 0.29) is 18.0 Å². The maximum absolute atomic E-state index is 13.2. The zero-order chi connectivity index (χ0) is 19.8. The standard InChI is InChI=1S/C20H24N2O6/c1-4-25-15-7-6-14-12(3)16(28-17(14)18(15)26-5-2)19(23)21-8-9-22-13(10-21)11-27-20(22)24/h6-7,13H,4-5,8-11H2,1-3H3. The summed E-state index contributed by atoms with van der Waals surface area (Å²) < 4.78 is 22.5. The van der Waals surface area contributed by atoms with Crippen LogP contribution in [-0.4, -0.2) is 67.3 Å². The number of furan rings is 1. The van der Waals surface area contributed by atoms with Gasteiger partial charge in [-0.1, -0.05) is 0 Å². The molecule has 1 aromatic heterocycles. The number of aryl methyl sites for hydroxylation is 1. The molecular weight excluding hydrogens is 364 g/mol. The number of carbonyl (C=O) groups is 2. The van der Waals surface area contributed by atoms with Crippen molar-refractivity contribution in [1.29, 1.82) is 0 Å². The molecule has 2 amide bonds. The fourth-order valence-corrected chi connectivity index (χ4v) is 3.81. The van der Waals surface area contributed by atoms with Crippen molar-refractivity contribution >= 4 is 23.0 Å². The normalized spacial score (nSPS) is 19.0. The van der Waals surface area contributed by atoms with Crippen molar-refractivity contribution in [3.63, 3.8) is 0 Å². The lowest BCUT2D eigenvalue weighted by atomic mass is 10.1. The van der Waals surface area contributed by atoms with Crippen LogP contribution in [0.3, 0.4) is 0 Å². The molecule has 2 aromatic rings. The third kappa shape index (κ3) is 2.93. The highest BCUT2D eigenvalue weighted by molar-refractivity contribution is 6.01. The quantitative estimate of drug-likeness (QED) is 0.783. The smallest absolute Gasteiger partial charge is 0.410 e. The summed E-state index contributed by atoms with van der Waals surface area (Å²) in [6, 6.07) is 3.63. The number of rotatable bonds is 5. The number of nitrogens with zero attached hydrogens (tertiary/aromatic N) is 2. The van der Waals surface area contributed by atoms with Crippen LogP contribution in [-0.2, 0) is 4.74 Å². The number of cyclic esters (lactones) is 1. The first-order valence-electron chi connectivity index (χ1n) is 9.59. The van der Waals surface area contributed by atoms with Crippen molar-refractivity contribution in [3.05, 3.63) is 23.5 Å². The average Bonchev–Trinajstić information content (AvgIpc) is 3.23.